The Labute approximate surface area is 94.6 Å². The van der Waals surface area contributed by atoms with Crippen molar-refractivity contribution < 1.29 is 4.74 Å². The molecule has 1 saturated carbocycles. The smallest absolute Gasteiger partial charge is 0.233 e. The molecule has 1 aliphatic carbocycles. The molecule has 16 heavy (non-hydrogen) atoms. The van der Waals surface area contributed by atoms with Crippen molar-refractivity contribution in [1.29, 1.82) is 0 Å². The van der Waals surface area contributed by atoms with E-state index in [1.54, 1.807) is 19.5 Å². The van der Waals surface area contributed by atoms with Crippen LogP contribution in [-0.4, -0.2) is 35.7 Å². The largest absolute Gasteiger partial charge is 0.480 e. The normalized spacial score (nSPS) is 22.8. The van der Waals surface area contributed by atoms with Crippen molar-refractivity contribution in [3.8, 4) is 5.88 Å². The fourth-order valence-electron chi connectivity index (χ4n) is 2.33. The van der Waals surface area contributed by atoms with Crippen LogP contribution in [-0.2, 0) is 0 Å². The van der Waals surface area contributed by atoms with Crippen LogP contribution >= 0.6 is 0 Å². The minimum atomic E-state index is 0.0186. The molecular formula is C11H16N4O. The fourth-order valence-corrected chi connectivity index (χ4v) is 2.33. The minimum absolute atomic E-state index is 0.0186. The van der Waals surface area contributed by atoms with Crippen LogP contribution in [0.1, 0.15) is 12.8 Å². The van der Waals surface area contributed by atoms with Gasteiger partial charge in [0.2, 0.25) is 5.88 Å². The molecule has 1 aliphatic heterocycles. The van der Waals surface area contributed by atoms with Crippen LogP contribution in [0.15, 0.2) is 12.4 Å². The van der Waals surface area contributed by atoms with Crippen LogP contribution in [0.3, 0.4) is 0 Å². The Morgan fingerprint density at radius 1 is 1.44 bits per heavy atom. The summed E-state index contributed by atoms with van der Waals surface area (Å²) in [6.45, 7) is 1.78. The number of nitrogens with two attached hydrogens (primary N) is 1. The number of nitrogens with zero attached hydrogens (tertiary/aromatic N) is 3. The van der Waals surface area contributed by atoms with Crippen molar-refractivity contribution in [2.75, 3.05) is 25.1 Å². The van der Waals surface area contributed by atoms with Gasteiger partial charge in [-0.1, -0.05) is 0 Å². The van der Waals surface area contributed by atoms with E-state index in [9.17, 15) is 0 Å². The van der Waals surface area contributed by atoms with Gasteiger partial charge in [0.15, 0.2) is 5.82 Å². The van der Waals surface area contributed by atoms with Crippen molar-refractivity contribution in [1.82, 2.24) is 9.97 Å². The molecule has 1 aromatic heterocycles. The van der Waals surface area contributed by atoms with Gasteiger partial charge < -0.3 is 15.4 Å². The lowest BCUT2D eigenvalue weighted by atomic mass is 9.86. The molecule has 2 aliphatic rings. The lowest BCUT2D eigenvalue weighted by molar-refractivity contribution is 0.288. The van der Waals surface area contributed by atoms with Crippen LogP contribution in [0.25, 0.3) is 0 Å². The van der Waals surface area contributed by atoms with Crippen LogP contribution in [0.4, 0.5) is 5.82 Å². The SMILES string of the molecule is COc1cncc(N2CC(N)(C3CC3)C2)n1. The summed E-state index contributed by atoms with van der Waals surface area (Å²) in [6.07, 6.45) is 5.94. The fraction of sp³-hybridized carbons (Fsp3) is 0.636. The van der Waals surface area contributed by atoms with E-state index in [-0.39, 0.29) is 5.54 Å². The molecule has 0 spiro atoms. The summed E-state index contributed by atoms with van der Waals surface area (Å²) >= 11 is 0. The Balaban J connectivity index is 1.70. The summed E-state index contributed by atoms with van der Waals surface area (Å²) < 4.78 is 5.05. The number of hydrogen-bond acceptors (Lipinski definition) is 5. The monoisotopic (exact) mass is 220 g/mol. The van der Waals surface area contributed by atoms with E-state index in [0.717, 1.165) is 24.8 Å². The van der Waals surface area contributed by atoms with E-state index in [4.69, 9.17) is 10.5 Å². The van der Waals surface area contributed by atoms with Gasteiger partial charge in [-0.25, -0.2) is 0 Å². The van der Waals surface area contributed by atoms with E-state index >= 15 is 0 Å². The van der Waals surface area contributed by atoms with Crippen molar-refractivity contribution in [3.63, 3.8) is 0 Å². The Morgan fingerprint density at radius 3 is 2.81 bits per heavy atom. The van der Waals surface area contributed by atoms with Crippen molar-refractivity contribution in [2.24, 2.45) is 11.7 Å². The molecule has 0 radical (unpaired) electrons. The summed E-state index contributed by atoms with van der Waals surface area (Å²) in [4.78, 5) is 10.6. The van der Waals surface area contributed by atoms with Crippen molar-refractivity contribution >= 4 is 5.82 Å². The van der Waals surface area contributed by atoms with Gasteiger partial charge in [0.05, 0.1) is 25.0 Å². The van der Waals surface area contributed by atoms with Crippen LogP contribution in [0.5, 0.6) is 5.88 Å². The molecule has 2 heterocycles. The van der Waals surface area contributed by atoms with Gasteiger partial charge >= 0.3 is 0 Å². The average Bonchev–Trinajstić information content (AvgIpc) is 3.09. The molecule has 0 aromatic carbocycles. The standard InChI is InChI=1S/C11H16N4O/c1-16-10-5-13-4-9(14-10)15-6-11(12,7-15)8-2-3-8/h4-5,8H,2-3,6-7,12H2,1H3. The van der Waals surface area contributed by atoms with Crippen molar-refractivity contribution in [3.05, 3.63) is 12.4 Å². The number of anilines is 1. The second-order valence-corrected chi connectivity index (χ2v) is 4.78. The number of aromatic nitrogens is 2. The highest BCUT2D eigenvalue weighted by molar-refractivity contribution is 5.44. The minimum Gasteiger partial charge on any atom is -0.480 e. The summed E-state index contributed by atoms with van der Waals surface area (Å²) in [5.74, 6) is 2.14. The maximum atomic E-state index is 6.29. The molecule has 5 nitrogen and oxygen atoms in total. The molecule has 3 rings (SSSR count). The maximum absolute atomic E-state index is 6.29. The first-order valence-corrected chi connectivity index (χ1v) is 5.61. The van der Waals surface area contributed by atoms with Gasteiger partial charge in [0.25, 0.3) is 0 Å². The van der Waals surface area contributed by atoms with Crippen LogP contribution in [0, 0.1) is 5.92 Å². The first-order chi connectivity index (χ1) is 7.71. The third-order valence-corrected chi connectivity index (χ3v) is 3.49. The van der Waals surface area contributed by atoms with Gasteiger partial charge in [0.1, 0.15) is 0 Å². The highest BCUT2D eigenvalue weighted by Gasteiger charge is 2.50. The molecule has 0 amide bonds. The lowest BCUT2D eigenvalue weighted by Gasteiger charge is -2.48. The third kappa shape index (κ3) is 1.51. The van der Waals surface area contributed by atoms with Gasteiger partial charge in [-0.05, 0) is 18.8 Å². The highest BCUT2D eigenvalue weighted by Crippen LogP contribution is 2.43. The summed E-state index contributed by atoms with van der Waals surface area (Å²) in [6, 6.07) is 0. The third-order valence-electron chi connectivity index (χ3n) is 3.49. The molecule has 0 unspecified atom stereocenters. The number of methoxy groups -OCH3 is 1. The predicted octanol–water partition coefficient (Wildman–Crippen LogP) is 0.413. The molecule has 5 heteroatoms. The zero-order chi connectivity index (χ0) is 11.2. The molecule has 2 N–H and O–H groups in total. The van der Waals surface area contributed by atoms with Gasteiger partial charge in [-0.2, -0.15) is 4.98 Å². The number of hydrogen-bond donors (Lipinski definition) is 1. The van der Waals surface area contributed by atoms with Gasteiger partial charge in [-0.3, -0.25) is 4.98 Å². The Hall–Kier alpha value is -1.36. The van der Waals surface area contributed by atoms with E-state index in [1.165, 1.54) is 12.8 Å². The Morgan fingerprint density at radius 2 is 2.19 bits per heavy atom. The molecule has 1 saturated heterocycles. The summed E-state index contributed by atoms with van der Waals surface area (Å²) in [5, 5.41) is 0. The molecular weight excluding hydrogens is 204 g/mol. The second kappa shape index (κ2) is 3.31. The van der Waals surface area contributed by atoms with Crippen LogP contribution < -0.4 is 15.4 Å². The number of ether oxygens (including phenoxy) is 1. The lowest BCUT2D eigenvalue weighted by Crippen LogP contribution is -2.69. The molecule has 86 valence electrons. The van der Waals surface area contributed by atoms with Gasteiger partial charge in [0, 0.05) is 13.1 Å². The summed E-state index contributed by atoms with van der Waals surface area (Å²) in [5.41, 5.74) is 6.30. The molecule has 1 aromatic rings. The molecule has 2 fully saturated rings. The van der Waals surface area contributed by atoms with E-state index < -0.39 is 0 Å². The Kier molecular flexibility index (Phi) is 2.04. The second-order valence-electron chi connectivity index (χ2n) is 4.78. The van der Waals surface area contributed by atoms with E-state index in [0.29, 0.717) is 5.88 Å². The maximum Gasteiger partial charge on any atom is 0.233 e. The van der Waals surface area contributed by atoms with Crippen molar-refractivity contribution in [2.45, 2.75) is 18.4 Å². The zero-order valence-electron chi connectivity index (χ0n) is 9.39. The first-order valence-electron chi connectivity index (χ1n) is 5.61. The van der Waals surface area contributed by atoms with E-state index in [1.807, 2.05) is 0 Å². The zero-order valence-corrected chi connectivity index (χ0v) is 9.39. The van der Waals surface area contributed by atoms with E-state index in [2.05, 4.69) is 14.9 Å². The Bertz CT molecular complexity index is 399. The molecule has 0 bridgehead atoms. The van der Waals surface area contributed by atoms with Gasteiger partial charge in [-0.15, -0.1) is 0 Å². The van der Waals surface area contributed by atoms with Crippen LogP contribution in [0.2, 0.25) is 0 Å². The quantitative estimate of drug-likeness (QED) is 0.799. The predicted molar refractivity (Wildman–Crippen MR) is 60.4 cm³/mol. The molecule has 0 atom stereocenters. The highest BCUT2D eigenvalue weighted by atomic mass is 16.5. The topological polar surface area (TPSA) is 64.3 Å². The summed E-state index contributed by atoms with van der Waals surface area (Å²) in [7, 11) is 1.60. The average molecular weight is 220 g/mol. The first kappa shape index (κ1) is 9.84. The number of rotatable bonds is 3.